The van der Waals surface area contributed by atoms with Crippen molar-refractivity contribution in [3.63, 3.8) is 0 Å². The van der Waals surface area contributed by atoms with E-state index in [1.807, 2.05) is 16.7 Å². The highest BCUT2D eigenvalue weighted by atomic mass is 15.0. The van der Waals surface area contributed by atoms with E-state index >= 15 is 0 Å². The largest absolute Gasteiger partial charge is 0.243 e. The predicted molar refractivity (Wildman–Crippen MR) is 137 cm³/mol. The van der Waals surface area contributed by atoms with Gasteiger partial charge in [-0.1, -0.05) is 18.2 Å². The van der Waals surface area contributed by atoms with Crippen molar-refractivity contribution in [1.29, 1.82) is 0 Å². The standard InChI is InChI=1S/C33H14N/c1-5-6-7-8-9-10-11-12-13-14-15-16-17-18-19-20-21-22-23-26-29-34-30(2)33(3,4)31-27-24-25-28-32(31)34/h1,24-25,27-28H,2-4H3/q+1. The van der Waals surface area contributed by atoms with E-state index in [0.29, 0.717) is 0 Å². The second kappa shape index (κ2) is 13.4. The number of nitrogens with zero attached hydrogens (tertiary/aromatic N) is 1. The fraction of sp³-hybridized carbons (Fsp3) is 0.121. The van der Waals surface area contributed by atoms with Crippen LogP contribution in [0.15, 0.2) is 24.3 Å². The number of rotatable bonds is 0. The summed E-state index contributed by atoms with van der Waals surface area (Å²) in [5.74, 6) is 50.6. The van der Waals surface area contributed by atoms with Gasteiger partial charge in [0.2, 0.25) is 11.7 Å². The van der Waals surface area contributed by atoms with Crippen LogP contribution in [0.25, 0.3) is 0 Å². The Balaban J connectivity index is 1.90. The van der Waals surface area contributed by atoms with Crippen LogP contribution in [0.2, 0.25) is 0 Å². The van der Waals surface area contributed by atoms with E-state index in [2.05, 4.69) is 157 Å². The Morgan fingerprint density at radius 2 is 0.971 bits per heavy atom. The smallest absolute Gasteiger partial charge is 0.111 e. The Bertz CT molecular complexity index is 1730. The van der Waals surface area contributed by atoms with Gasteiger partial charge in [-0.25, -0.2) is 0 Å². The van der Waals surface area contributed by atoms with Crippen molar-refractivity contribution in [2.75, 3.05) is 0 Å². The molecule has 0 saturated heterocycles. The maximum Gasteiger partial charge on any atom is 0.243 e. The summed E-state index contributed by atoms with van der Waals surface area (Å²) in [6.07, 6.45) is 4.94. The fourth-order valence-corrected chi connectivity index (χ4v) is 2.65. The molecule has 2 rings (SSSR count). The van der Waals surface area contributed by atoms with Crippen LogP contribution >= 0.6 is 0 Å². The monoisotopic (exact) mass is 424 g/mol. The Labute approximate surface area is 202 Å². The summed E-state index contributed by atoms with van der Waals surface area (Å²) >= 11 is 0. The number of hydrogen-bond donors (Lipinski definition) is 0. The van der Waals surface area contributed by atoms with E-state index in [1.165, 1.54) is 5.56 Å². The van der Waals surface area contributed by atoms with Crippen molar-refractivity contribution in [3.8, 4) is 131 Å². The molecule has 0 spiro atoms. The lowest BCUT2D eigenvalue weighted by Gasteiger charge is -2.13. The third kappa shape index (κ3) is 7.38. The molecule has 1 nitrogen and oxygen atoms in total. The molecule has 0 saturated carbocycles. The summed E-state index contributed by atoms with van der Waals surface area (Å²) in [5.41, 5.74) is 3.45. The number of benzene rings is 1. The fourth-order valence-electron chi connectivity index (χ4n) is 2.65. The van der Waals surface area contributed by atoms with Gasteiger partial charge >= 0.3 is 0 Å². The normalized spacial score (nSPS) is 9.71. The average Bonchev–Trinajstić information content (AvgIpc) is 3.03. The molecule has 1 heterocycles. The molecule has 0 radical (unpaired) electrons. The van der Waals surface area contributed by atoms with Crippen molar-refractivity contribution in [3.05, 3.63) is 29.8 Å². The van der Waals surface area contributed by atoms with Gasteiger partial charge < -0.3 is 0 Å². The highest BCUT2D eigenvalue weighted by Gasteiger charge is 2.42. The molecule has 1 aromatic carbocycles. The first-order chi connectivity index (χ1) is 16.6. The zero-order valence-corrected chi connectivity index (χ0v) is 18.8. The van der Waals surface area contributed by atoms with Gasteiger partial charge in [0, 0.05) is 83.7 Å². The van der Waals surface area contributed by atoms with Crippen LogP contribution in [0.4, 0.5) is 5.69 Å². The van der Waals surface area contributed by atoms with Crippen molar-refractivity contribution in [1.82, 2.24) is 0 Å². The van der Waals surface area contributed by atoms with Crippen LogP contribution in [-0.2, 0) is 5.41 Å². The first-order valence-electron chi connectivity index (χ1n) is 9.79. The molecule has 0 unspecified atom stereocenters. The summed E-state index contributed by atoms with van der Waals surface area (Å²) in [4.78, 5) is 0. The molecule has 1 heteroatoms. The lowest BCUT2D eigenvalue weighted by molar-refractivity contribution is -0.334. The second-order valence-electron chi connectivity index (χ2n) is 6.69. The Kier molecular flexibility index (Phi) is 9.57. The Morgan fingerprint density at radius 3 is 1.41 bits per heavy atom. The SMILES string of the molecule is C#CC#CC#CC#CC#CC#CC#CC#CC#CC#CC#C[N+]1=C(C)C(C)(C)c2ccccc21. The topological polar surface area (TPSA) is 3.01 Å². The van der Waals surface area contributed by atoms with Crippen molar-refractivity contribution in [2.45, 2.75) is 26.2 Å². The Morgan fingerprint density at radius 1 is 0.588 bits per heavy atom. The minimum absolute atomic E-state index is 0.0615. The second-order valence-corrected chi connectivity index (χ2v) is 6.69. The molecule has 0 aromatic heterocycles. The summed E-state index contributed by atoms with van der Waals surface area (Å²) in [6, 6.07) is 11.3. The van der Waals surface area contributed by atoms with Crippen LogP contribution in [0, 0.1) is 131 Å². The maximum absolute atomic E-state index is 4.94. The van der Waals surface area contributed by atoms with E-state index in [9.17, 15) is 0 Å². The first kappa shape index (κ1) is 24.3. The van der Waals surface area contributed by atoms with E-state index in [0.717, 1.165) is 11.4 Å². The first-order valence-corrected chi connectivity index (χ1v) is 9.79. The molecule has 0 amide bonds. The van der Waals surface area contributed by atoms with Gasteiger partial charge in [0.15, 0.2) is 5.71 Å². The van der Waals surface area contributed by atoms with Crippen LogP contribution in [-0.4, -0.2) is 10.3 Å². The van der Waals surface area contributed by atoms with Gasteiger partial charge in [0.1, 0.15) is 0 Å². The number of terminal acetylenes is 1. The summed E-state index contributed by atoms with van der Waals surface area (Å²) in [6.45, 7) is 6.46. The minimum Gasteiger partial charge on any atom is -0.111 e. The van der Waals surface area contributed by atoms with Crippen molar-refractivity contribution in [2.24, 2.45) is 0 Å². The van der Waals surface area contributed by atoms with Crippen molar-refractivity contribution >= 4 is 11.4 Å². The highest BCUT2D eigenvalue weighted by Crippen LogP contribution is 2.38. The van der Waals surface area contributed by atoms with E-state index in [4.69, 9.17) is 6.42 Å². The maximum atomic E-state index is 4.94. The zero-order valence-electron chi connectivity index (χ0n) is 18.8. The van der Waals surface area contributed by atoms with Gasteiger partial charge in [0.05, 0.1) is 11.3 Å². The lowest BCUT2D eigenvalue weighted by atomic mass is 9.82. The third-order valence-corrected chi connectivity index (χ3v) is 4.42. The molecule has 1 aliphatic rings. The predicted octanol–water partition coefficient (Wildman–Crippen LogP) is 2.71. The molecule has 0 N–H and O–H groups in total. The van der Waals surface area contributed by atoms with E-state index < -0.39 is 0 Å². The third-order valence-electron chi connectivity index (χ3n) is 4.42. The molecule has 0 fully saturated rings. The molecule has 150 valence electrons. The van der Waals surface area contributed by atoms with Crippen LogP contribution < -0.4 is 0 Å². The number of para-hydroxylation sites is 1. The zero-order chi connectivity index (χ0) is 24.5. The number of fused-ring (bicyclic) bond motifs is 1. The average molecular weight is 424 g/mol. The summed E-state index contributed by atoms with van der Waals surface area (Å²) in [5, 5.41) is 0. The lowest BCUT2D eigenvalue weighted by Crippen LogP contribution is -2.25. The van der Waals surface area contributed by atoms with Gasteiger partial charge in [-0.05, 0) is 61.2 Å². The van der Waals surface area contributed by atoms with E-state index in [-0.39, 0.29) is 5.41 Å². The molecular formula is C33H14N+. The molecule has 34 heavy (non-hydrogen) atoms. The van der Waals surface area contributed by atoms with Gasteiger partial charge in [0.25, 0.3) is 0 Å². The van der Waals surface area contributed by atoms with Crippen LogP contribution in [0.3, 0.4) is 0 Å². The molecule has 1 aliphatic heterocycles. The highest BCUT2D eigenvalue weighted by molar-refractivity contribution is 5.93. The van der Waals surface area contributed by atoms with Gasteiger partial charge in [-0.3, -0.25) is 0 Å². The molecule has 1 aromatic rings. The van der Waals surface area contributed by atoms with Gasteiger partial charge in [-0.2, -0.15) is 0 Å². The van der Waals surface area contributed by atoms with Crippen LogP contribution in [0.1, 0.15) is 26.3 Å². The van der Waals surface area contributed by atoms with E-state index in [1.54, 1.807) is 0 Å². The summed E-state index contributed by atoms with van der Waals surface area (Å²) in [7, 11) is 0. The molecular weight excluding hydrogens is 410 g/mol. The Hall–Kier alpha value is -5.95. The molecule has 0 atom stereocenters. The number of hydrogen-bond acceptors (Lipinski definition) is 0. The van der Waals surface area contributed by atoms with Crippen LogP contribution in [0.5, 0.6) is 0 Å². The molecule has 0 aliphatic carbocycles. The quantitative estimate of drug-likeness (QED) is 0.445. The van der Waals surface area contributed by atoms with Crippen molar-refractivity contribution < 1.29 is 4.58 Å². The minimum atomic E-state index is -0.0615. The summed E-state index contributed by atoms with van der Waals surface area (Å²) < 4.78 is 1.98. The van der Waals surface area contributed by atoms with Gasteiger partial charge in [-0.15, -0.1) is 11.0 Å². The molecule has 0 bridgehead atoms.